The summed E-state index contributed by atoms with van der Waals surface area (Å²) in [6.45, 7) is 5.10. The van der Waals surface area contributed by atoms with Crippen LogP contribution in [-0.2, 0) is 19.5 Å². The fourth-order valence-corrected chi connectivity index (χ4v) is 4.24. The van der Waals surface area contributed by atoms with Crippen LogP contribution < -0.4 is 5.32 Å². The molecule has 1 unspecified atom stereocenters. The minimum absolute atomic E-state index is 0.673. The lowest BCUT2D eigenvalue weighted by atomic mass is 9.99. The number of nitrogens with zero attached hydrogens (tertiary/aromatic N) is 3. The highest BCUT2D eigenvalue weighted by atomic mass is 32.1. The standard InChI is InChI=1S/C17H20N4S/c1-12-19-20-17-7-6-13(10-21(12)17)8-18-9-14-11-22-16-5-3-2-4-15(14)16/h2-5,11,13,18H,6-10H2,1H3. The summed E-state index contributed by atoms with van der Waals surface area (Å²) in [6.07, 6.45) is 2.25. The zero-order chi connectivity index (χ0) is 14.9. The second-order valence-electron chi connectivity index (χ2n) is 6.07. The molecular formula is C17H20N4S. The van der Waals surface area contributed by atoms with Crippen LogP contribution in [0.2, 0.25) is 0 Å². The van der Waals surface area contributed by atoms with Gasteiger partial charge in [0.05, 0.1) is 0 Å². The summed E-state index contributed by atoms with van der Waals surface area (Å²) in [5.74, 6) is 2.87. The van der Waals surface area contributed by atoms with Crippen LogP contribution in [0.25, 0.3) is 10.1 Å². The van der Waals surface area contributed by atoms with E-state index < -0.39 is 0 Å². The first-order valence-electron chi connectivity index (χ1n) is 7.86. The Hall–Kier alpha value is -1.72. The second kappa shape index (κ2) is 5.82. The Bertz CT molecular complexity index is 789. The summed E-state index contributed by atoms with van der Waals surface area (Å²) >= 11 is 1.83. The number of rotatable bonds is 4. The Balaban J connectivity index is 1.37. The van der Waals surface area contributed by atoms with Gasteiger partial charge in [0.2, 0.25) is 0 Å². The number of thiophene rings is 1. The molecule has 3 aromatic rings. The molecule has 114 valence electrons. The monoisotopic (exact) mass is 312 g/mol. The molecule has 2 aromatic heterocycles. The first kappa shape index (κ1) is 13.9. The molecule has 1 N–H and O–H groups in total. The summed E-state index contributed by atoms with van der Waals surface area (Å²) in [6, 6.07) is 8.64. The van der Waals surface area contributed by atoms with Crippen molar-refractivity contribution in [1.29, 1.82) is 0 Å². The predicted molar refractivity (Wildman–Crippen MR) is 90.1 cm³/mol. The minimum atomic E-state index is 0.673. The Kier molecular flexibility index (Phi) is 3.68. The molecule has 0 spiro atoms. The van der Waals surface area contributed by atoms with Crippen molar-refractivity contribution in [2.24, 2.45) is 5.92 Å². The number of fused-ring (bicyclic) bond motifs is 2. The van der Waals surface area contributed by atoms with Gasteiger partial charge in [0.15, 0.2) is 0 Å². The molecule has 1 atom stereocenters. The zero-order valence-corrected chi connectivity index (χ0v) is 13.6. The fourth-order valence-electron chi connectivity index (χ4n) is 3.28. The lowest BCUT2D eigenvalue weighted by molar-refractivity contribution is 0.344. The van der Waals surface area contributed by atoms with Crippen LogP contribution in [0.4, 0.5) is 0 Å². The van der Waals surface area contributed by atoms with E-state index in [1.165, 1.54) is 22.1 Å². The van der Waals surface area contributed by atoms with Crippen molar-refractivity contribution in [2.75, 3.05) is 6.54 Å². The molecule has 0 radical (unpaired) electrons. The van der Waals surface area contributed by atoms with E-state index in [2.05, 4.69) is 49.7 Å². The summed E-state index contributed by atoms with van der Waals surface area (Å²) in [4.78, 5) is 0. The number of benzene rings is 1. The fraction of sp³-hybridized carbons (Fsp3) is 0.412. The molecule has 1 aliphatic rings. The Morgan fingerprint density at radius 3 is 3.18 bits per heavy atom. The van der Waals surface area contributed by atoms with E-state index in [9.17, 15) is 0 Å². The third kappa shape index (κ3) is 2.55. The number of hydrogen-bond acceptors (Lipinski definition) is 4. The van der Waals surface area contributed by atoms with Gasteiger partial charge in [0, 0.05) is 24.2 Å². The topological polar surface area (TPSA) is 42.7 Å². The summed E-state index contributed by atoms with van der Waals surface area (Å²) in [7, 11) is 0. The van der Waals surface area contributed by atoms with E-state index in [0.29, 0.717) is 5.92 Å². The normalized spacial score (nSPS) is 17.8. The molecule has 5 heteroatoms. The van der Waals surface area contributed by atoms with Gasteiger partial charge in [-0.25, -0.2) is 0 Å². The largest absolute Gasteiger partial charge is 0.315 e. The summed E-state index contributed by atoms with van der Waals surface area (Å²) in [5, 5.41) is 15.7. The van der Waals surface area contributed by atoms with Gasteiger partial charge in [0.25, 0.3) is 0 Å². The van der Waals surface area contributed by atoms with E-state index in [0.717, 1.165) is 37.7 Å². The molecule has 0 amide bonds. The van der Waals surface area contributed by atoms with E-state index in [1.807, 2.05) is 18.3 Å². The quantitative estimate of drug-likeness (QED) is 0.805. The predicted octanol–water partition coefficient (Wildman–Crippen LogP) is 3.15. The molecule has 3 heterocycles. The first-order valence-corrected chi connectivity index (χ1v) is 8.74. The molecule has 4 rings (SSSR count). The van der Waals surface area contributed by atoms with Crippen LogP contribution >= 0.6 is 11.3 Å². The van der Waals surface area contributed by atoms with Gasteiger partial charge >= 0.3 is 0 Å². The van der Waals surface area contributed by atoms with Crippen LogP contribution in [0, 0.1) is 12.8 Å². The molecule has 0 saturated heterocycles. The summed E-state index contributed by atoms with van der Waals surface area (Å²) < 4.78 is 3.65. The third-order valence-electron chi connectivity index (χ3n) is 4.54. The Morgan fingerprint density at radius 1 is 1.32 bits per heavy atom. The van der Waals surface area contributed by atoms with Crippen molar-refractivity contribution in [1.82, 2.24) is 20.1 Å². The number of hydrogen-bond donors (Lipinski definition) is 1. The molecule has 22 heavy (non-hydrogen) atoms. The highest BCUT2D eigenvalue weighted by Crippen LogP contribution is 2.25. The minimum Gasteiger partial charge on any atom is -0.315 e. The molecule has 0 saturated carbocycles. The van der Waals surface area contributed by atoms with Crippen LogP contribution in [-0.4, -0.2) is 21.3 Å². The third-order valence-corrected chi connectivity index (χ3v) is 5.55. The van der Waals surface area contributed by atoms with Gasteiger partial charge in [-0.05, 0) is 48.2 Å². The number of aromatic nitrogens is 3. The van der Waals surface area contributed by atoms with Crippen molar-refractivity contribution in [3.05, 3.63) is 46.9 Å². The van der Waals surface area contributed by atoms with Crippen LogP contribution in [0.3, 0.4) is 0 Å². The van der Waals surface area contributed by atoms with E-state index in [4.69, 9.17) is 0 Å². The van der Waals surface area contributed by atoms with E-state index in [-0.39, 0.29) is 0 Å². The van der Waals surface area contributed by atoms with Crippen molar-refractivity contribution in [3.63, 3.8) is 0 Å². The molecule has 1 aliphatic heterocycles. The van der Waals surface area contributed by atoms with E-state index in [1.54, 1.807) is 0 Å². The average molecular weight is 312 g/mol. The van der Waals surface area contributed by atoms with Gasteiger partial charge in [-0.15, -0.1) is 21.5 Å². The van der Waals surface area contributed by atoms with E-state index >= 15 is 0 Å². The molecular weight excluding hydrogens is 292 g/mol. The second-order valence-corrected chi connectivity index (χ2v) is 6.98. The van der Waals surface area contributed by atoms with Gasteiger partial charge in [-0.1, -0.05) is 18.2 Å². The van der Waals surface area contributed by atoms with Crippen molar-refractivity contribution < 1.29 is 0 Å². The maximum absolute atomic E-state index is 4.24. The average Bonchev–Trinajstić information content (AvgIpc) is 3.12. The van der Waals surface area contributed by atoms with Crippen LogP contribution in [0.5, 0.6) is 0 Å². The summed E-state index contributed by atoms with van der Waals surface area (Å²) in [5.41, 5.74) is 1.41. The Labute approximate surface area is 134 Å². The van der Waals surface area contributed by atoms with Gasteiger partial charge in [0.1, 0.15) is 11.6 Å². The molecule has 0 aliphatic carbocycles. The van der Waals surface area contributed by atoms with Gasteiger partial charge in [-0.2, -0.15) is 0 Å². The lowest BCUT2D eigenvalue weighted by Crippen LogP contribution is -2.30. The van der Waals surface area contributed by atoms with Gasteiger partial charge in [-0.3, -0.25) is 0 Å². The smallest absolute Gasteiger partial charge is 0.133 e. The number of aryl methyl sites for hydroxylation is 2. The molecule has 4 nitrogen and oxygen atoms in total. The van der Waals surface area contributed by atoms with Crippen molar-refractivity contribution in [2.45, 2.75) is 32.9 Å². The molecule has 0 bridgehead atoms. The van der Waals surface area contributed by atoms with Crippen molar-refractivity contribution in [3.8, 4) is 0 Å². The Morgan fingerprint density at radius 2 is 2.23 bits per heavy atom. The van der Waals surface area contributed by atoms with Crippen molar-refractivity contribution >= 4 is 21.4 Å². The first-order chi connectivity index (χ1) is 10.8. The molecule has 0 fully saturated rings. The van der Waals surface area contributed by atoms with Gasteiger partial charge < -0.3 is 9.88 Å². The molecule has 1 aromatic carbocycles. The lowest BCUT2D eigenvalue weighted by Gasteiger charge is -2.24. The zero-order valence-electron chi connectivity index (χ0n) is 12.7. The SMILES string of the molecule is Cc1nnc2n1CC(CNCc1csc3ccccc13)CC2. The number of nitrogens with one attached hydrogen (secondary N) is 1. The van der Waals surface area contributed by atoms with Crippen LogP contribution in [0.1, 0.15) is 23.6 Å². The highest BCUT2D eigenvalue weighted by molar-refractivity contribution is 7.17. The highest BCUT2D eigenvalue weighted by Gasteiger charge is 2.21. The van der Waals surface area contributed by atoms with Crippen LogP contribution in [0.15, 0.2) is 29.6 Å². The maximum Gasteiger partial charge on any atom is 0.133 e. The maximum atomic E-state index is 4.24.